The molecule has 1 saturated carbocycles. The molecular weight excluding hydrogens is 326 g/mol. The van der Waals surface area contributed by atoms with Gasteiger partial charge in [-0.05, 0) is 63.3 Å². The molecule has 1 aromatic rings. The summed E-state index contributed by atoms with van der Waals surface area (Å²) in [6, 6.07) is 5.86. The zero-order valence-electron chi connectivity index (χ0n) is 16.9. The average Bonchev–Trinajstić information content (AvgIpc) is 2.88. The summed E-state index contributed by atoms with van der Waals surface area (Å²) in [4.78, 5) is 13.1. The number of carbonyl (C=O) groups is 1. The summed E-state index contributed by atoms with van der Waals surface area (Å²) >= 11 is 0. The lowest BCUT2D eigenvalue weighted by atomic mass is 9.92. The Labute approximate surface area is 158 Å². The highest BCUT2D eigenvalue weighted by Crippen LogP contribution is 2.33. The van der Waals surface area contributed by atoms with Gasteiger partial charge in [-0.15, -0.1) is 0 Å². The lowest BCUT2D eigenvalue weighted by molar-refractivity contribution is -0.143. The van der Waals surface area contributed by atoms with E-state index in [1.54, 1.807) is 0 Å². The molecule has 0 spiro atoms. The Bertz CT molecular complexity index is 577. The first-order valence-electron chi connectivity index (χ1n) is 10.2. The first-order chi connectivity index (χ1) is 12.5. The average molecular weight is 362 g/mol. The van der Waals surface area contributed by atoms with Crippen LogP contribution < -0.4 is 10.1 Å². The van der Waals surface area contributed by atoms with Crippen LogP contribution in [0.5, 0.6) is 5.75 Å². The van der Waals surface area contributed by atoms with Crippen LogP contribution in [0.1, 0.15) is 77.7 Å². The van der Waals surface area contributed by atoms with Gasteiger partial charge in [0.25, 0.3) is 5.91 Å². The Kier molecular flexibility index (Phi) is 7.95. The maximum atomic E-state index is 13.1. The molecule has 1 atom stereocenters. The maximum absolute atomic E-state index is 13.1. The largest absolute Gasteiger partial charge is 0.490 e. The first kappa shape index (κ1) is 20.8. The molecule has 0 bridgehead atoms. The number of benzene rings is 1. The lowest BCUT2D eigenvalue weighted by Gasteiger charge is -2.31. The molecule has 0 aromatic heterocycles. The van der Waals surface area contributed by atoms with Gasteiger partial charge in [-0.3, -0.25) is 4.79 Å². The Morgan fingerprint density at radius 2 is 1.88 bits per heavy atom. The summed E-state index contributed by atoms with van der Waals surface area (Å²) in [5, 5.41) is 3.11. The number of carbonyl (C=O) groups excluding carboxylic acids is 1. The van der Waals surface area contributed by atoms with Gasteiger partial charge in [-0.2, -0.15) is 0 Å². The van der Waals surface area contributed by atoms with E-state index in [4.69, 9.17) is 9.47 Å². The Morgan fingerprint density at radius 1 is 1.19 bits per heavy atom. The molecule has 1 aromatic carbocycles. The van der Waals surface area contributed by atoms with Crippen molar-refractivity contribution in [1.29, 1.82) is 0 Å². The quantitative estimate of drug-likeness (QED) is 0.610. The second-order valence-corrected chi connectivity index (χ2v) is 7.53. The van der Waals surface area contributed by atoms with Gasteiger partial charge in [-0.25, -0.2) is 0 Å². The highest BCUT2D eigenvalue weighted by atomic mass is 16.5. The van der Waals surface area contributed by atoms with Gasteiger partial charge in [0.05, 0.1) is 6.10 Å². The van der Waals surface area contributed by atoms with Crippen molar-refractivity contribution < 1.29 is 14.3 Å². The number of hydrogen-bond acceptors (Lipinski definition) is 3. The van der Waals surface area contributed by atoms with Gasteiger partial charge in [0, 0.05) is 12.3 Å². The van der Waals surface area contributed by atoms with Crippen LogP contribution in [0.4, 0.5) is 5.69 Å². The van der Waals surface area contributed by atoms with Crippen molar-refractivity contribution in [2.24, 2.45) is 0 Å². The van der Waals surface area contributed by atoms with Gasteiger partial charge in [0.15, 0.2) is 0 Å². The summed E-state index contributed by atoms with van der Waals surface area (Å²) < 4.78 is 12.0. The third-order valence-corrected chi connectivity index (χ3v) is 5.24. The van der Waals surface area contributed by atoms with Crippen molar-refractivity contribution in [3.05, 3.63) is 23.8 Å². The highest BCUT2D eigenvalue weighted by Gasteiger charge is 2.39. The molecule has 2 rings (SSSR count). The van der Waals surface area contributed by atoms with Crippen molar-refractivity contribution in [2.45, 2.75) is 90.8 Å². The van der Waals surface area contributed by atoms with E-state index in [-0.39, 0.29) is 12.0 Å². The SMILES string of the molecule is CCCOC1(C(=O)Nc2ccc(O[C@@H](C)CC)c(C)c2)CCCCCC1. The first-order valence-corrected chi connectivity index (χ1v) is 10.2. The van der Waals surface area contributed by atoms with E-state index in [1.807, 2.05) is 25.1 Å². The van der Waals surface area contributed by atoms with Crippen LogP contribution in [-0.4, -0.2) is 24.2 Å². The summed E-state index contributed by atoms with van der Waals surface area (Å²) in [5.74, 6) is 0.881. The van der Waals surface area contributed by atoms with E-state index in [9.17, 15) is 4.79 Å². The standard InChI is InChI=1S/C22H35NO3/c1-5-15-25-22(13-9-7-8-10-14-22)21(24)23-19-11-12-20(17(3)16-19)26-18(4)6-2/h11-12,16,18H,5-10,13-15H2,1-4H3,(H,23,24)/t18-/m0/s1. The second kappa shape index (κ2) is 9.96. The summed E-state index contributed by atoms with van der Waals surface area (Å²) in [6.07, 6.45) is 8.18. The minimum Gasteiger partial charge on any atom is -0.490 e. The van der Waals surface area contributed by atoms with E-state index in [0.29, 0.717) is 6.61 Å². The molecule has 1 fully saturated rings. The van der Waals surface area contributed by atoms with Gasteiger partial charge in [0.1, 0.15) is 11.4 Å². The molecule has 146 valence electrons. The minimum atomic E-state index is -0.674. The van der Waals surface area contributed by atoms with Crippen molar-refractivity contribution in [3.8, 4) is 5.75 Å². The van der Waals surface area contributed by atoms with Gasteiger partial charge in [0.2, 0.25) is 0 Å². The number of amides is 1. The highest BCUT2D eigenvalue weighted by molar-refractivity contribution is 5.97. The Balaban J connectivity index is 2.11. The van der Waals surface area contributed by atoms with E-state index >= 15 is 0 Å². The maximum Gasteiger partial charge on any atom is 0.256 e. The molecule has 0 radical (unpaired) electrons. The molecule has 26 heavy (non-hydrogen) atoms. The van der Waals surface area contributed by atoms with E-state index in [1.165, 1.54) is 12.8 Å². The van der Waals surface area contributed by atoms with E-state index in [0.717, 1.165) is 55.5 Å². The molecule has 0 heterocycles. The molecule has 0 aliphatic heterocycles. The molecule has 1 amide bonds. The smallest absolute Gasteiger partial charge is 0.256 e. The van der Waals surface area contributed by atoms with Crippen molar-refractivity contribution in [3.63, 3.8) is 0 Å². The topological polar surface area (TPSA) is 47.6 Å². The van der Waals surface area contributed by atoms with Gasteiger partial charge in [-0.1, -0.05) is 39.5 Å². The summed E-state index contributed by atoms with van der Waals surface area (Å²) in [5.41, 5.74) is 1.17. The number of hydrogen-bond donors (Lipinski definition) is 1. The summed E-state index contributed by atoms with van der Waals surface area (Å²) in [7, 11) is 0. The van der Waals surface area contributed by atoms with Crippen LogP contribution in [0.25, 0.3) is 0 Å². The molecule has 0 saturated heterocycles. The van der Waals surface area contributed by atoms with Gasteiger partial charge < -0.3 is 14.8 Å². The van der Waals surface area contributed by atoms with Crippen LogP contribution in [0, 0.1) is 6.92 Å². The van der Waals surface area contributed by atoms with Gasteiger partial charge >= 0.3 is 0 Å². The third kappa shape index (κ3) is 5.47. The predicted molar refractivity (Wildman–Crippen MR) is 107 cm³/mol. The van der Waals surface area contributed by atoms with Crippen LogP contribution in [0.2, 0.25) is 0 Å². The third-order valence-electron chi connectivity index (χ3n) is 5.24. The number of ether oxygens (including phenoxy) is 2. The summed E-state index contributed by atoms with van der Waals surface area (Å²) in [6.45, 7) is 8.91. The fourth-order valence-corrected chi connectivity index (χ4v) is 3.44. The molecule has 4 nitrogen and oxygen atoms in total. The van der Waals surface area contributed by atoms with Crippen molar-refractivity contribution in [2.75, 3.05) is 11.9 Å². The lowest BCUT2D eigenvalue weighted by Crippen LogP contribution is -2.45. The Hall–Kier alpha value is -1.55. The number of nitrogens with one attached hydrogen (secondary N) is 1. The van der Waals surface area contributed by atoms with Crippen molar-refractivity contribution >= 4 is 11.6 Å². The Morgan fingerprint density at radius 3 is 2.46 bits per heavy atom. The van der Waals surface area contributed by atoms with Crippen LogP contribution in [0.15, 0.2) is 18.2 Å². The fourth-order valence-electron chi connectivity index (χ4n) is 3.44. The van der Waals surface area contributed by atoms with E-state index < -0.39 is 5.60 Å². The minimum absolute atomic E-state index is 0.00263. The molecule has 1 aliphatic rings. The normalized spacial score (nSPS) is 18.0. The van der Waals surface area contributed by atoms with Crippen LogP contribution in [-0.2, 0) is 9.53 Å². The molecule has 1 aliphatic carbocycles. The van der Waals surface area contributed by atoms with E-state index in [2.05, 4.69) is 26.1 Å². The number of aryl methyl sites for hydroxylation is 1. The predicted octanol–water partition coefficient (Wildman–Crippen LogP) is 5.63. The molecular formula is C22H35NO3. The van der Waals surface area contributed by atoms with Crippen molar-refractivity contribution in [1.82, 2.24) is 0 Å². The fraction of sp³-hybridized carbons (Fsp3) is 0.682. The second-order valence-electron chi connectivity index (χ2n) is 7.53. The zero-order valence-corrected chi connectivity index (χ0v) is 16.9. The zero-order chi connectivity index (χ0) is 19.0. The molecule has 4 heteroatoms. The van der Waals surface area contributed by atoms with Crippen LogP contribution in [0.3, 0.4) is 0 Å². The molecule has 0 unspecified atom stereocenters. The monoisotopic (exact) mass is 361 g/mol. The van der Waals surface area contributed by atoms with Crippen LogP contribution >= 0.6 is 0 Å². The number of anilines is 1. The number of rotatable bonds is 8. The molecule has 1 N–H and O–H groups in total.